The van der Waals surface area contributed by atoms with Crippen LogP contribution in [0.2, 0.25) is 0 Å². The van der Waals surface area contributed by atoms with Gasteiger partial charge in [-0.2, -0.15) is 0 Å². The van der Waals surface area contributed by atoms with Crippen molar-refractivity contribution in [3.8, 4) is 0 Å². The Balaban J connectivity index is 1.84. The molecule has 0 saturated heterocycles. The number of furan rings is 1. The SMILES string of the molecule is CNC(c1cc2cc(C)ccc2o1)C1CCC(F)(F)CC1. The average Bonchev–Trinajstić information content (AvgIpc) is 2.84. The van der Waals surface area contributed by atoms with E-state index in [2.05, 4.69) is 11.4 Å². The van der Waals surface area contributed by atoms with Crippen LogP contribution in [0.25, 0.3) is 11.0 Å². The van der Waals surface area contributed by atoms with Crippen molar-refractivity contribution in [1.82, 2.24) is 5.32 Å². The van der Waals surface area contributed by atoms with Gasteiger partial charge in [0.2, 0.25) is 5.92 Å². The molecule has 2 nitrogen and oxygen atoms in total. The first-order chi connectivity index (χ1) is 9.98. The molecule has 1 heterocycles. The van der Waals surface area contributed by atoms with Gasteiger partial charge in [0.05, 0.1) is 6.04 Å². The van der Waals surface area contributed by atoms with E-state index in [9.17, 15) is 8.78 Å². The summed E-state index contributed by atoms with van der Waals surface area (Å²) < 4.78 is 32.6. The van der Waals surface area contributed by atoms with Gasteiger partial charge in [0.15, 0.2) is 0 Å². The van der Waals surface area contributed by atoms with E-state index in [-0.39, 0.29) is 24.8 Å². The van der Waals surface area contributed by atoms with E-state index in [1.807, 2.05) is 32.2 Å². The number of alkyl halides is 2. The van der Waals surface area contributed by atoms with Crippen LogP contribution in [0.3, 0.4) is 0 Å². The lowest BCUT2D eigenvalue weighted by atomic mass is 9.81. The van der Waals surface area contributed by atoms with Gasteiger partial charge in [-0.25, -0.2) is 8.78 Å². The molecule has 0 aliphatic heterocycles. The summed E-state index contributed by atoms with van der Waals surface area (Å²) >= 11 is 0. The summed E-state index contributed by atoms with van der Waals surface area (Å²) in [5.74, 6) is -1.43. The van der Waals surface area contributed by atoms with Crippen LogP contribution in [0.4, 0.5) is 8.78 Å². The Hall–Kier alpha value is -1.42. The fourth-order valence-electron chi connectivity index (χ4n) is 3.34. The molecule has 1 N–H and O–H groups in total. The maximum absolute atomic E-state index is 13.3. The first kappa shape index (κ1) is 14.5. The number of nitrogens with one attached hydrogen (secondary N) is 1. The van der Waals surface area contributed by atoms with Crippen molar-refractivity contribution in [3.05, 3.63) is 35.6 Å². The van der Waals surface area contributed by atoms with Crippen LogP contribution >= 0.6 is 0 Å². The van der Waals surface area contributed by atoms with E-state index in [1.54, 1.807) is 0 Å². The van der Waals surface area contributed by atoms with Crippen molar-refractivity contribution < 1.29 is 13.2 Å². The molecule has 1 aromatic carbocycles. The molecule has 4 heteroatoms. The molecule has 0 amide bonds. The average molecular weight is 293 g/mol. The third kappa shape index (κ3) is 2.95. The Bertz CT molecular complexity index is 625. The van der Waals surface area contributed by atoms with E-state index in [1.165, 1.54) is 5.56 Å². The first-order valence-electron chi connectivity index (χ1n) is 7.54. The molecule has 0 radical (unpaired) electrons. The molecule has 1 fully saturated rings. The van der Waals surface area contributed by atoms with Crippen molar-refractivity contribution in [3.63, 3.8) is 0 Å². The zero-order valence-electron chi connectivity index (χ0n) is 12.5. The molecule has 1 aliphatic carbocycles. The number of fused-ring (bicyclic) bond motifs is 1. The maximum atomic E-state index is 13.3. The smallest absolute Gasteiger partial charge is 0.248 e. The second-order valence-corrected chi connectivity index (χ2v) is 6.15. The van der Waals surface area contributed by atoms with Crippen molar-refractivity contribution >= 4 is 11.0 Å². The summed E-state index contributed by atoms with van der Waals surface area (Å²) in [6.07, 6.45) is 1.04. The van der Waals surface area contributed by atoms with Crippen molar-refractivity contribution in [2.45, 2.75) is 44.6 Å². The van der Waals surface area contributed by atoms with E-state index in [0.29, 0.717) is 12.8 Å². The maximum Gasteiger partial charge on any atom is 0.248 e. The highest BCUT2D eigenvalue weighted by molar-refractivity contribution is 5.78. The van der Waals surface area contributed by atoms with E-state index >= 15 is 0 Å². The lowest BCUT2D eigenvalue weighted by molar-refractivity contribution is -0.0502. The van der Waals surface area contributed by atoms with Crippen LogP contribution in [-0.2, 0) is 0 Å². The largest absolute Gasteiger partial charge is 0.459 e. The lowest BCUT2D eigenvalue weighted by Gasteiger charge is -2.32. The predicted octanol–water partition coefficient (Wildman–Crippen LogP) is 4.83. The van der Waals surface area contributed by atoms with Crippen molar-refractivity contribution in [1.29, 1.82) is 0 Å². The second kappa shape index (κ2) is 5.41. The normalized spacial score (nSPS) is 20.8. The third-order valence-corrected chi connectivity index (χ3v) is 4.54. The monoisotopic (exact) mass is 293 g/mol. The molecule has 114 valence electrons. The number of hydrogen-bond donors (Lipinski definition) is 1. The quantitative estimate of drug-likeness (QED) is 0.877. The molecule has 0 bridgehead atoms. The summed E-state index contributed by atoms with van der Waals surface area (Å²) in [7, 11) is 1.87. The van der Waals surface area contributed by atoms with Gasteiger partial charge in [0.25, 0.3) is 0 Å². The number of halogens is 2. The molecule has 1 saturated carbocycles. The van der Waals surface area contributed by atoms with Gasteiger partial charge in [0, 0.05) is 18.2 Å². The van der Waals surface area contributed by atoms with Crippen LogP contribution in [0.5, 0.6) is 0 Å². The Kier molecular flexibility index (Phi) is 3.74. The Morgan fingerprint density at radius 1 is 1.24 bits per heavy atom. The molecule has 3 rings (SSSR count). The number of rotatable bonds is 3. The molecule has 0 spiro atoms. The highest BCUT2D eigenvalue weighted by Gasteiger charge is 2.38. The zero-order valence-corrected chi connectivity index (χ0v) is 12.5. The van der Waals surface area contributed by atoms with Gasteiger partial charge < -0.3 is 9.73 Å². The van der Waals surface area contributed by atoms with Crippen LogP contribution in [0.1, 0.15) is 43.0 Å². The molecular weight excluding hydrogens is 272 g/mol. The molecular formula is C17H21F2NO. The molecule has 2 aromatic rings. The summed E-state index contributed by atoms with van der Waals surface area (Å²) in [4.78, 5) is 0. The van der Waals surface area contributed by atoms with Gasteiger partial charge in [-0.3, -0.25) is 0 Å². The Morgan fingerprint density at radius 3 is 2.62 bits per heavy atom. The second-order valence-electron chi connectivity index (χ2n) is 6.15. The van der Waals surface area contributed by atoms with Crippen LogP contribution < -0.4 is 5.32 Å². The highest BCUT2D eigenvalue weighted by atomic mass is 19.3. The number of benzene rings is 1. The van der Waals surface area contributed by atoms with E-state index in [4.69, 9.17) is 4.42 Å². The fourth-order valence-corrected chi connectivity index (χ4v) is 3.34. The third-order valence-electron chi connectivity index (χ3n) is 4.54. The molecule has 1 aliphatic rings. The lowest BCUT2D eigenvalue weighted by Crippen LogP contribution is -2.32. The Labute approximate surface area is 123 Å². The first-order valence-corrected chi connectivity index (χ1v) is 7.54. The van der Waals surface area contributed by atoms with Crippen LogP contribution in [0, 0.1) is 12.8 Å². The van der Waals surface area contributed by atoms with E-state index in [0.717, 1.165) is 16.7 Å². The standard InChI is InChI=1S/C17H21F2NO/c1-11-3-4-14-13(9-11)10-15(21-14)16(20-2)12-5-7-17(18,19)8-6-12/h3-4,9-10,12,16,20H,5-8H2,1-2H3. The minimum Gasteiger partial charge on any atom is -0.459 e. The minimum absolute atomic E-state index is 0.00815. The molecule has 1 unspecified atom stereocenters. The number of aryl methyl sites for hydroxylation is 1. The Morgan fingerprint density at radius 2 is 1.95 bits per heavy atom. The van der Waals surface area contributed by atoms with Gasteiger partial charge in [-0.1, -0.05) is 11.6 Å². The van der Waals surface area contributed by atoms with E-state index < -0.39 is 5.92 Å². The van der Waals surface area contributed by atoms with Gasteiger partial charge in [-0.05, 0) is 50.9 Å². The number of hydrogen-bond acceptors (Lipinski definition) is 2. The molecule has 1 atom stereocenters. The van der Waals surface area contributed by atoms with Crippen molar-refractivity contribution in [2.75, 3.05) is 7.05 Å². The van der Waals surface area contributed by atoms with Gasteiger partial charge in [-0.15, -0.1) is 0 Å². The summed E-state index contributed by atoms with van der Waals surface area (Å²) in [6, 6.07) is 8.12. The van der Waals surface area contributed by atoms with Crippen LogP contribution in [-0.4, -0.2) is 13.0 Å². The topological polar surface area (TPSA) is 25.2 Å². The molecule has 1 aromatic heterocycles. The summed E-state index contributed by atoms with van der Waals surface area (Å²) in [5, 5.41) is 4.33. The molecule has 21 heavy (non-hydrogen) atoms. The van der Waals surface area contributed by atoms with Gasteiger partial charge in [0.1, 0.15) is 11.3 Å². The minimum atomic E-state index is -2.49. The van der Waals surface area contributed by atoms with Crippen LogP contribution in [0.15, 0.2) is 28.7 Å². The fraction of sp³-hybridized carbons (Fsp3) is 0.529. The summed E-state index contributed by atoms with van der Waals surface area (Å²) in [6.45, 7) is 2.05. The van der Waals surface area contributed by atoms with Gasteiger partial charge >= 0.3 is 0 Å². The highest BCUT2D eigenvalue weighted by Crippen LogP contribution is 2.42. The van der Waals surface area contributed by atoms with Crippen molar-refractivity contribution in [2.24, 2.45) is 5.92 Å². The summed E-state index contributed by atoms with van der Waals surface area (Å²) in [5.41, 5.74) is 2.05. The zero-order chi connectivity index (χ0) is 15.0. The predicted molar refractivity (Wildman–Crippen MR) is 79.7 cm³/mol.